The van der Waals surface area contributed by atoms with Gasteiger partial charge in [-0.1, -0.05) is 24.3 Å². The molecule has 1 unspecified atom stereocenters. The summed E-state index contributed by atoms with van der Waals surface area (Å²) in [5, 5.41) is 28.1. The van der Waals surface area contributed by atoms with Gasteiger partial charge < -0.3 is 10.1 Å². The van der Waals surface area contributed by atoms with Crippen LogP contribution in [0.15, 0.2) is 65.9 Å². The molecule has 0 spiro atoms. The van der Waals surface area contributed by atoms with Crippen molar-refractivity contribution in [3.05, 3.63) is 82.3 Å². The van der Waals surface area contributed by atoms with Crippen LogP contribution in [-0.2, 0) is 10.3 Å². The second-order valence-corrected chi connectivity index (χ2v) is 8.39. The topological polar surface area (TPSA) is 187 Å². The van der Waals surface area contributed by atoms with E-state index in [1.54, 1.807) is 43.5 Å². The number of aromatic amines is 1. The van der Waals surface area contributed by atoms with Crippen molar-refractivity contribution in [2.24, 2.45) is 4.99 Å². The molecule has 5 rings (SSSR count). The summed E-state index contributed by atoms with van der Waals surface area (Å²) in [6.45, 7) is 2.33. The lowest BCUT2D eigenvalue weighted by atomic mass is 9.92. The number of benzene rings is 1. The Kier molecular flexibility index (Phi) is 7.07. The third kappa shape index (κ3) is 5.34. The number of aliphatic imine (C=N–C) groups is 1. The molecule has 0 saturated carbocycles. The monoisotopic (exact) mass is 526 g/mol. The number of nitro groups is 1. The molecule has 0 bridgehead atoms. The lowest BCUT2D eigenvalue weighted by molar-refractivity contribution is -0.385. The number of esters is 1. The molecule has 4 heterocycles. The van der Waals surface area contributed by atoms with E-state index < -0.39 is 16.4 Å². The van der Waals surface area contributed by atoms with Crippen molar-refractivity contribution in [3.63, 3.8) is 0 Å². The number of carbonyl (C=O) groups is 1. The summed E-state index contributed by atoms with van der Waals surface area (Å²) < 4.78 is 5.20. The smallest absolute Gasteiger partial charge is 0.341 e. The minimum atomic E-state index is -0.777. The van der Waals surface area contributed by atoms with Gasteiger partial charge in [-0.05, 0) is 36.8 Å². The summed E-state index contributed by atoms with van der Waals surface area (Å²) in [6, 6.07) is 10.2. The number of nitrogens with one attached hydrogen (secondary N) is 2. The third-order valence-corrected chi connectivity index (χ3v) is 6.00. The Morgan fingerprint density at radius 1 is 1.13 bits per heavy atom. The summed E-state index contributed by atoms with van der Waals surface area (Å²) in [4.78, 5) is 40.9. The predicted octanol–water partition coefficient (Wildman–Crippen LogP) is 3.14. The van der Waals surface area contributed by atoms with Crippen LogP contribution in [0.5, 0.6) is 0 Å². The van der Waals surface area contributed by atoms with Crippen LogP contribution in [0.2, 0.25) is 0 Å². The maximum Gasteiger partial charge on any atom is 0.341 e. The molecule has 1 aliphatic rings. The van der Waals surface area contributed by atoms with Gasteiger partial charge in [0.25, 0.3) is 5.69 Å². The number of tetrazole rings is 1. The van der Waals surface area contributed by atoms with E-state index in [1.165, 1.54) is 18.5 Å². The zero-order valence-electron chi connectivity index (χ0n) is 20.7. The van der Waals surface area contributed by atoms with Crippen LogP contribution in [0.3, 0.4) is 0 Å². The Balaban J connectivity index is 1.37. The first-order chi connectivity index (χ1) is 19.0. The van der Waals surface area contributed by atoms with Gasteiger partial charge in [0.15, 0.2) is 0 Å². The predicted molar refractivity (Wildman–Crippen MR) is 140 cm³/mol. The van der Waals surface area contributed by atoms with Gasteiger partial charge in [0.1, 0.15) is 17.3 Å². The molecular weight excluding hydrogens is 504 g/mol. The number of carbonyl (C=O) groups excluding carboxylic acids is 1. The van der Waals surface area contributed by atoms with Gasteiger partial charge in [-0.2, -0.15) is 5.21 Å². The van der Waals surface area contributed by atoms with Crippen LogP contribution < -0.4 is 5.32 Å². The standard InChI is InChI=1S/C25H22N10O4/c1-2-39-23(36)19-15-28-24(30-21(19)16-4-6-17(7-5-16)22-31-33-34-32-22)26-13-11-25(10-3-12-29-25)20-9-8-18(14-27-20)35(37)38/h3-10,12,14-15H,2,11,13H2,1H3,(H,26,28,30)(H,31,32,33,34). The highest BCUT2D eigenvalue weighted by molar-refractivity contribution is 5.96. The molecule has 1 aliphatic heterocycles. The van der Waals surface area contributed by atoms with E-state index in [4.69, 9.17) is 4.74 Å². The zero-order valence-corrected chi connectivity index (χ0v) is 20.7. The molecule has 0 aliphatic carbocycles. The zero-order chi connectivity index (χ0) is 27.2. The first kappa shape index (κ1) is 25.3. The molecule has 14 heteroatoms. The fraction of sp³-hybridized carbons (Fsp3) is 0.200. The molecule has 0 radical (unpaired) electrons. The Morgan fingerprint density at radius 3 is 2.59 bits per heavy atom. The molecule has 0 saturated heterocycles. The quantitative estimate of drug-likeness (QED) is 0.175. The minimum Gasteiger partial charge on any atom is -0.462 e. The van der Waals surface area contributed by atoms with E-state index in [0.29, 0.717) is 41.7 Å². The van der Waals surface area contributed by atoms with Crippen molar-refractivity contribution in [2.75, 3.05) is 18.5 Å². The van der Waals surface area contributed by atoms with Crippen LogP contribution >= 0.6 is 0 Å². The van der Waals surface area contributed by atoms with Crippen LogP contribution in [0, 0.1) is 10.1 Å². The molecular formula is C25H22N10O4. The first-order valence-corrected chi connectivity index (χ1v) is 12.0. The first-order valence-electron chi connectivity index (χ1n) is 12.0. The number of H-pyrrole nitrogens is 1. The van der Waals surface area contributed by atoms with E-state index in [-0.39, 0.29) is 17.9 Å². The summed E-state index contributed by atoms with van der Waals surface area (Å²) >= 11 is 0. The summed E-state index contributed by atoms with van der Waals surface area (Å²) in [7, 11) is 0. The number of allylic oxidation sites excluding steroid dienone is 1. The highest BCUT2D eigenvalue weighted by Gasteiger charge is 2.32. The largest absolute Gasteiger partial charge is 0.462 e. The molecule has 0 fully saturated rings. The average molecular weight is 527 g/mol. The number of rotatable bonds is 10. The van der Waals surface area contributed by atoms with Gasteiger partial charge in [-0.3, -0.25) is 20.1 Å². The van der Waals surface area contributed by atoms with E-state index >= 15 is 0 Å². The molecule has 4 aromatic rings. The number of aromatic nitrogens is 7. The second kappa shape index (κ2) is 10.9. The molecule has 0 amide bonds. The van der Waals surface area contributed by atoms with E-state index in [1.807, 2.05) is 12.2 Å². The van der Waals surface area contributed by atoms with Gasteiger partial charge in [0.2, 0.25) is 11.8 Å². The van der Waals surface area contributed by atoms with Crippen LogP contribution in [0.1, 0.15) is 29.4 Å². The number of hydrogen-bond donors (Lipinski definition) is 2. The molecule has 14 nitrogen and oxygen atoms in total. The van der Waals surface area contributed by atoms with Crippen molar-refractivity contribution in [2.45, 2.75) is 18.9 Å². The number of pyridine rings is 1. The minimum absolute atomic E-state index is 0.0917. The number of ether oxygens (including phenoxy) is 1. The van der Waals surface area contributed by atoms with Crippen molar-refractivity contribution < 1.29 is 14.5 Å². The van der Waals surface area contributed by atoms with E-state index in [9.17, 15) is 14.9 Å². The SMILES string of the molecule is CCOC(=O)c1cnc(NCCC2(c3ccc([N+](=O)[O-])cn3)C=CC=N2)nc1-c1ccc(-c2nn[nH]n2)cc1. The Morgan fingerprint density at radius 2 is 1.95 bits per heavy atom. The van der Waals surface area contributed by atoms with Crippen molar-refractivity contribution in [3.8, 4) is 22.6 Å². The Bertz CT molecular complexity index is 1520. The number of nitrogens with zero attached hydrogens (tertiary/aromatic N) is 8. The molecule has 39 heavy (non-hydrogen) atoms. The highest BCUT2D eigenvalue weighted by Crippen LogP contribution is 2.33. The maximum absolute atomic E-state index is 12.6. The van der Waals surface area contributed by atoms with Crippen molar-refractivity contribution >= 4 is 23.8 Å². The normalized spacial score (nSPS) is 15.8. The summed E-state index contributed by atoms with van der Waals surface area (Å²) in [6.07, 6.45) is 8.50. The summed E-state index contributed by atoms with van der Waals surface area (Å²) in [5.74, 6) is 0.213. The van der Waals surface area contributed by atoms with E-state index in [2.05, 4.69) is 45.9 Å². The van der Waals surface area contributed by atoms with Crippen molar-refractivity contribution in [1.29, 1.82) is 0 Å². The molecule has 1 aromatic carbocycles. The number of anilines is 1. The molecule has 1 atom stereocenters. The molecule has 3 aromatic heterocycles. The fourth-order valence-corrected chi connectivity index (χ4v) is 4.07. The fourth-order valence-electron chi connectivity index (χ4n) is 4.07. The third-order valence-electron chi connectivity index (χ3n) is 6.00. The van der Waals surface area contributed by atoms with Gasteiger partial charge in [-0.15, -0.1) is 10.2 Å². The van der Waals surface area contributed by atoms with Crippen LogP contribution in [0.4, 0.5) is 11.6 Å². The molecule has 2 N–H and O–H groups in total. The maximum atomic E-state index is 12.6. The molecule has 196 valence electrons. The van der Waals surface area contributed by atoms with Gasteiger partial charge in [-0.25, -0.2) is 14.8 Å². The lowest BCUT2D eigenvalue weighted by Crippen LogP contribution is -2.25. The van der Waals surface area contributed by atoms with Gasteiger partial charge in [0.05, 0.1) is 22.9 Å². The lowest BCUT2D eigenvalue weighted by Gasteiger charge is -2.23. The summed E-state index contributed by atoms with van der Waals surface area (Å²) in [5.41, 5.74) is 1.76. The van der Waals surface area contributed by atoms with Gasteiger partial charge >= 0.3 is 5.97 Å². The number of hydrogen-bond acceptors (Lipinski definition) is 12. The van der Waals surface area contributed by atoms with Crippen LogP contribution in [0.25, 0.3) is 22.6 Å². The van der Waals surface area contributed by atoms with E-state index in [0.717, 1.165) is 5.56 Å². The van der Waals surface area contributed by atoms with Gasteiger partial charge in [0, 0.05) is 36.1 Å². The Hall–Kier alpha value is -5.40. The van der Waals surface area contributed by atoms with Crippen LogP contribution in [-0.4, -0.2) is 65.8 Å². The highest BCUT2D eigenvalue weighted by atomic mass is 16.6. The second-order valence-electron chi connectivity index (χ2n) is 8.39. The van der Waals surface area contributed by atoms with Crippen molar-refractivity contribution in [1.82, 2.24) is 35.6 Å². The average Bonchev–Trinajstić information content (AvgIpc) is 3.67. The Labute approximate surface area is 221 Å².